The molecule has 0 aliphatic heterocycles. The molecule has 0 heterocycles. The van der Waals surface area contributed by atoms with E-state index in [1.54, 1.807) is 12.2 Å². The van der Waals surface area contributed by atoms with Crippen LogP contribution in [0.1, 0.15) is 13.8 Å². The third-order valence-electron chi connectivity index (χ3n) is 2.45. The number of benzene rings is 1. The predicted octanol–water partition coefficient (Wildman–Crippen LogP) is 3.61. The molecule has 0 saturated carbocycles. The first-order chi connectivity index (χ1) is 8.16. The topological polar surface area (TPSA) is 29.4 Å². The van der Waals surface area contributed by atoms with E-state index in [9.17, 15) is 4.79 Å². The molecule has 86 valence electrons. The quantitative estimate of drug-likeness (QED) is 0.586. The van der Waals surface area contributed by atoms with Gasteiger partial charge in [0.05, 0.1) is 5.71 Å². The maximum atomic E-state index is 11.3. The van der Waals surface area contributed by atoms with Crippen molar-refractivity contribution in [3.63, 3.8) is 0 Å². The number of carbonyl (C=O) groups is 1. The molecule has 1 aromatic carbocycles. The lowest BCUT2D eigenvalue weighted by molar-refractivity contribution is -0.110. The van der Waals surface area contributed by atoms with Crippen LogP contribution in [0.5, 0.6) is 0 Å². The monoisotopic (exact) mass is 243 g/mol. The van der Waals surface area contributed by atoms with Gasteiger partial charge in [-0.05, 0) is 49.3 Å². The van der Waals surface area contributed by atoms with E-state index in [1.165, 1.54) is 11.9 Å². The van der Waals surface area contributed by atoms with Crippen LogP contribution in [0.4, 0.5) is 0 Å². The highest BCUT2D eigenvalue weighted by atomic mass is 32.2. The van der Waals surface area contributed by atoms with Crippen LogP contribution in [0.15, 0.2) is 62.9 Å². The number of carbonyl (C=O) groups excluding carboxylic acids is 1. The van der Waals surface area contributed by atoms with Crippen molar-refractivity contribution in [2.75, 3.05) is 0 Å². The molecular weight excluding hydrogens is 230 g/mol. The lowest BCUT2D eigenvalue weighted by Crippen LogP contribution is -2.10. The Bertz CT molecular complexity index is 502. The first-order valence-electron chi connectivity index (χ1n) is 5.38. The maximum Gasteiger partial charge on any atom is 0.179 e. The van der Waals surface area contributed by atoms with Gasteiger partial charge in [-0.25, -0.2) is 4.40 Å². The fourth-order valence-electron chi connectivity index (χ4n) is 1.64. The van der Waals surface area contributed by atoms with Gasteiger partial charge < -0.3 is 0 Å². The third-order valence-corrected chi connectivity index (χ3v) is 3.21. The molecular formula is C14H13NOS. The van der Waals surface area contributed by atoms with Crippen LogP contribution < -0.4 is 0 Å². The first kappa shape index (κ1) is 11.9. The van der Waals surface area contributed by atoms with Gasteiger partial charge in [0.1, 0.15) is 0 Å². The van der Waals surface area contributed by atoms with Crippen LogP contribution in [-0.2, 0) is 4.79 Å². The van der Waals surface area contributed by atoms with E-state index in [2.05, 4.69) is 4.40 Å². The zero-order valence-corrected chi connectivity index (χ0v) is 10.6. The van der Waals surface area contributed by atoms with E-state index >= 15 is 0 Å². The average Bonchev–Trinajstić information content (AvgIpc) is 2.29. The van der Waals surface area contributed by atoms with Crippen molar-refractivity contribution in [2.24, 2.45) is 4.40 Å². The lowest BCUT2D eigenvalue weighted by atomic mass is 9.98. The minimum Gasteiger partial charge on any atom is -0.290 e. The van der Waals surface area contributed by atoms with Crippen LogP contribution in [0.25, 0.3) is 0 Å². The van der Waals surface area contributed by atoms with Crippen LogP contribution in [0.3, 0.4) is 0 Å². The Morgan fingerprint density at radius 3 is 2.18 bits per heavy atom. The van der Waals surface area contributed by atoms with E-state index in [-0.39, 0.29) is 5.78 Å². The van der Waals surface area contributed by atoms with Gasteiger partial charge in [-0.1, -0.05) is 18.2 Å². The number of allylic oxidation sites excluding steroid dienone is 4. The van der Waals surface area contributed by atoms with Crippen molar-refractivity contribution in [2.45, 2.75) is 18.7 Å². The fraction of sp³-hybridized carbons (Fsp3) is 0.143. The number of ketones is 1. The fourth-order valence-corrected chi connectivity index (χ4v) is 2.40. The minimum absolute atomic E-state index is 0.0451. The molecule has 1 aromatic rings. The van der Waals surface area contributed by atoms with Crippen molar-refractivity contribution in [3.8, 4) is 0 Å². The highest BCUT2D eigenvalue weighted by molar-refractivity contribution is 7.98. The molecule has 2 rings (SSSR count). The van der Waals surface area contributed by atoms with Gasteiger partial charge in [-0.3, -0.25) is 4.79 Å². The smallest absolute Gasteiger partial charge is 0.179 e. The predicted molar refractivity (Wildman–Crippen MR) is 72.3 cm³/mol. The summed E-state index contributed by atoms with van der Waals surface area (Å²) < 4.78 is 4.49. The SMILES string of the molecule is CC1=CC(=O)C=C(C)C1=NSc1ccccc1. The molecule has 0 unspecified atom stereocenters. The second kappa shape index (κ2) is 5.15. The van der Waals surface area contributed by atoms with Gasteiger partial charge in [0.15, 0.2) is 5.78 Å². The highest BCUT2D eigenvalue weighted by Crippen LogP contribution is 2.23. The molecule has 0 spiro atoms. The Morgan fingerprint density at radius 2 is 1.59 bits per heavy atom. The summed E-state index contributed by atoms with van der Waals surface area (Å²) in [6.07, 6.45) is 3.24. The van der Waals surface area contributed by atoms with Crippen LogP contribution in [0.2, 0.25) is 0 Å². The molecule has 2 nitrogen and oxygen atoms in total. The van der Waals surface area contributed by atoms with Crippen LogP contribution in [0, 0.1) is 0 Å². The molecule has 0 N–H and O–H groups in total. The van der Waals surface area contributed by atoms with Gasteiger partial charge >= 0.3 is 0 Å². The summed E-state index contributed by atoms with van der Waals surface area (Å²) in [5.41, 5.74) is 2.76. The Labute approximate surface area is 105 Å². The van der Waals surface area contributed by atoms with E-state index < -0.39 is 0 Å². The normalized spacial score (nSPS) is 15.4. The second-order valence-corrected chi connectivity index (χ2v) is 4.74. The van der Waals surface area contributed by atoms with Gasteiger partial charge in [-0.15, -0.1) is 0 Å². The van der Waals surface area contributed by atoms with Crippen LogP contribution in [-0.4, -0.2) is 11.5 Å². The number of rotatable bonds is 2. The van der Waals surface area contributed by atoms with Gasteiger partial charge in [0, 0.05) is 16.8 Å². The summed E-state index contributed by atoms with van der Waals surface area (Å²) >= 11 is 1.43. The van der Waals surface area contributed by atoms with E-state index in [0.29, 0.717) is 0 Å². The average molecular weight is 243 g/mol. The van der Waals surface area contributed by atoms with Gasteiger partial charge in [-0.2, -0.15) is 0 Å². The summed E-state index contributed by atoms with van der Waals surface area (Å²) in [4.78, 5) is 12.4. The molecule has 17 heavy (non-hydrogen) atoms. The molecule has 1 aliphatic rings. The third kappa shape index (κ3) is 2.94. The Morgan fingerprint density at radius 1 is 1.00 bits per heavy atom. The van der Waals surface area contributed by atoms with Crippen LogP contribution >= 0.6 is 11.9 Å². The zero-order valence-electron chi connectivity index (χ0n) is 9.81. The molecule has 0 saturated heterocycles. The number of nitrogens with zero attached hydrogens (tertiary/aromatic N) is 1. The standard InChI is InChI=1S/C14H13NOS/c1-10-8-12(16)9-11(2)14(10)15-17-13-6-4-3-5-7-13/h3-9H,1-2H3. The molecule has 0 bridgehead atoms. The first-order valence-corrected chi connectivity index (χ1v) is 6.15. The van der Waals surface area contributed by atoms with E-state index in [4.69, 9.17) is 0 Å². The van der Waals surface area contributed by atoms with Crippen molar-refractivity contribution in [3.05, 3.63) is 53.6 Å². The molecule has 0 atom stereocenters. The molecule has 0 aromatic heterocycles. The van der Waals surface area contributed by atoms with Crippen molar-refractivity contribution in [1.82, 2.24) is 0 Å². The Hall–Kier alpha value is -1.61. The molecule has 3 heteroatoms. The van der Waals surface area contributed by atoms with E-state index in [0.717, 1.165) is 21.8 Å². The summed E-state index contributed by atoms with van der Waals surface area (Å²) in [6, 6.07) is 9.98. The summed E-state index contributed by atoms with van der Waals surface area (Å²) in [6.45, 7) is 3.83. The zero-order chi connectivity index (χ0) is 12.3. The van der Waals surface area contributed by atoms with E-state index in [1.807, 2.05) is 44.2 Å². The minimum atomic E-state index is 0.0451. The van der Waals surface area contributed by atoms with Crippen molar-refractivity contribution < 1.29 is 4.79 Å². The maximum absolute atomic E-state index is 11.3. The van der Waals surface area contributed by atoms with Crippen molar-refractivity contribution in [1.29, 1.82) is 0 Å². The largest absolute Gasteiger partial charge is 0.290 e. The molecule has 0 radical (unpaired) electrons. The second-order valence-electron chi connectivity index (χ2n) is 3.90. The molecule has 0 fully saturated rings. The van der Waals surface area contributed by atoms with Crippen molar-refractivity contribution >= 4 is 23.4 Å². The molecule has 1 aliphatic carbocycles. The highest BCUT2D eigenvalue weighted by Gasteiger charge is 2.13. The summed E-state index contributed by atoms with van der Waals surface area (Å²) in [7, 11) is 0. The Balaban J connectivity index is 2.20. The number of hydrogen-bond acceptors (Lipinski definition) is 3. The molecule has 0 amide bonds. The summed E-state index contributed by atoms with van der Waals surface area (Å²) in [5, 5.41) is 0. The van der Waals surface area contributed by atoms with Gasteiger partial charge in [0.2, 0.25) is 0 Å². The lowest BCUT2D eigenvalue weighted by Gasteiger charge is -2.10. The summed E-state index contributed by atoms with van der Waals surface area (Å²) in [5.74, 6) is 0.0451. The van der Waals surface area contributed by atoms with Gasteiger partial charge in [0.25, 0.3) is 0 Å². The Kier molecular flexibility index (Phi) is 3.59. The number of hydrogen-bond donors (Lipinski definition) is 0.